The molecule has 0 amide bonds. The molecule has 1 heteroatoms. The number of rotatable bonds is 0. The van der Waals surface area contributed by atoms with E-state index in [0.717, 1.165) is 0 Å². The minimum absolute atomic E-state index is 0.250. The van der Waals surface area contributed by atoms with E-state index in [-0.39, 0.29) is 5.41 Å². The summed E-state index contributed by atoms with van der Waals surface area (Å²) in [5.74, 6) is 0. The topological polar surface area (TPSA) is 12.0 Å². The van der Waals surface area contributed by atoms with Crippen LogP contribution in [0.1, 0.15) is 20.8 Å². The quantitative estimate of drug-likeness (QED) is 0.508. The maximum Gasteiger partial charge on any atom is -0.0167 e. The molecule has 0 saturated heterocycles. The summed E-state index contributed by atoms with van der Waals surface area (Å²) in [5.41, 5.74) is 0.250. The molecule has 1 N–H and O–H groups in total. The van der Waals surface area contributed by atoms with E-state index in [1.807, 2.05) is 14.1 Å². The average Bonchev–Trinajstić information content (AvgIpc) is 1.27. The minimum atomic E-state index is 0.250. The molecule has 0 atom stereocenters. The summed E-state index contributed by atoms with van der Waals surface area (Å²) in [6, 6.07) is 0. The Morgan fingerprint density at radius 2 is 1.12 bits per heavy atom. The average molecular weight is 116 g/mol. The van der Waals surface area contributed by atoms with Crippen molar-refractivity contribution in [1.29, 1.82) is 0 Å². The fraction of sp³-hybridized carbons (Fsp3) is 0.857. The fourth-order valence-corrected chi connectivity index (χ4v) is 0. The van der Waals surface area contributed by atoms with Crippen LogP contribution in [0.3, 0.4) is 0 Å². The lowest BCUT2D eigenvalue weighted by atomic mass is 10.0. The van der Waals surface area contributed by atoms with Crippen molar-refractivity contribution in [3.05, 3.63) is 6.92 Å². The van der Waals surface area contributed by atoms with Gasteiger partial charge in [0.05, 0.1) is 0 Å². The monoisotopic (exact) mass is 116 g/mol. The van der Waals surface area contributed by atoms with Crippen molar-refractivity contribution in [1.82, 2.24) is 5.32 Å². The molecule has 0 unspecified atom stereocenters. The van der Waals surface area contributed by atoms with Gasteiger partial charge >= 0.3 is 0 Å². The highest BCUT2D eigenvalue weighted by molar-refractivity contribution is 4.60. The molecule has 8 heavy (non-hydrogen) atoms. The first-order valence-electron chi connectivity index (χ1n) is 2.85. The van der Waals surface area contributed by atoms with Gasteiger partial charge in [0, 0.05) is 0 Å². The molecular formula is C7H18N. The van der Waals surface area contributed by atoms with Crippen molar-refractivity contribution in [2.75, 3.05) is 14.1 Å². The predicted octanol–water partition coefficient (Wildman–Crippen LogP) is 1.70. The molecule has 0 aromatic rings. The summed E-state index contributed by atoms with van der Waals surface area (Å²) < 4.78 is 0. The van der Waals surface area contributed by atoms with Crippen LogP contribution in [-0.2, 0) is 0 Å². The highest BCUT2D eigenvalue weighted by atomic mass is 14.7. The molecule has 0 rings (SSSR count). The largest absolute Gasteiger partial charge is 0.323 e. The predicted molar refractivity (Wildman–Crippen MR) is 39.8 cm³/mol. The second-order valence-corrected chi connectivity index (χ2v) is 3.06. The number of hydrogen-bond acceptors (Lipinski definition) is 1. The molecule has 0 aromatic heterocycles. The van der Waals surface area contributed by atoms with Crippen LogP contribution >= 0.6 is 0 Å². The lowest BCUT2D eigenvalue weighted by Gasteiger charge is -2.05. The van der Waals surface area contributed by atoms with Gasteiger partial charge in [0.15, 0.2) is 0 Å². The van der Waals surface area contributed by atoms with Gasteiger partial charge in [0.2, 0.25) is 0 Å². The van der Waals surface area contributed by atoms with E-state index in [2.05, 4.69) is 33.0 Å². The third kappa shape index (κ3) is 91600. The van der Waals surface area contributed by atoms with Gasteiger partial charge in [-0.3, -0.25) is 0 Å². The number of hydrogen-bond donors (Lipinski definition) is 1. The van der Waals surface area contributed by atoms with Crippen LogP contribution < -0.4 is 5.32 Å². The lowest BCUT2D eigenvalue weighted by Crippen LogP contribution is -1.94. The standard InChI is InChI=1S/C5H11.C2H7N/c1-5(2,3)4;1-3-2/h1H2,2-4H3;3H,1-2H3. The molecule has 51 valence electrons. The van der Waals surface area contributed by atoms with Gasteiger partial charge in [0.1, 0.15) is 0 Å². The smallest absolute Gasteiger partial charge is 0.0167 e. The lowest BCUT2D eigenvalue weighted by molar-refractivity contribution is 0.539. The Morgan fingerprint density at radius 1 is 1.12 bits per heavy atom. The molecule has 0 fully saturated rings. The third-order valence-corrected chi connectivity index (χ3v) is 0. The van der Waals surface area contributed by atoms with Crippen molar-refractivity contribution < 1.29 is 0 Å². The van der Waals surface area contributed by atoms with Gasteiger partial charge in [-0.1, -0.05) is 20.8 Å². The zero-order valence-electron chi connectivity index (χ0n) is 6.71. The Hall–Kier alpha value is -0.0400. The minimum Gasteiger partial charge on any atom is -0.323 e. The molecule has 0 aliphatic heterocycles. The van der Waals surface area contributed by atoms with Gasteiger partial charge in [-0.2, -0.15) is 0 Å². The fourth-order valence-electron chi connectivity index (χ4n) is 0. The molecule has 0 aliphatic rings. The van der Waals surface area contributed by atoms with Crippen molar-refractivity contribution in [3.8, 4) is 0 Å². The van der Waals surface area contributed by atoms with E-state index in [9.17, 15) is 0 Å². The van der Waals surface area contributed by atoms with E-state index in [0.29, 0.717) is 0 Å². The molecule has 0 saturated carbocycles. The molecule has 0 heterocycles. The Morgan fingerprint density at radius 3 is 1.12 bits per heavy atom. The summed E-state index contributed by atoms with van der Waals surface area (Å²) in [6.07, 6.45) is 0. The normalized spacial score (nSPS) is 9.75. The van der Waals surface area contributed by atoms with E-state index >= 15 is 0 Å². The Bertz CT molecular complexity index is 28.1. The van der Waals surface area contributed by atoms with Crippen LogP contribution in [0.15, 0.2) is 0 Å². The van der Waals surface area contributed by atoms with Gasteiger partial charge in [-0.15, -0.1) is 0 Å². The molecule has 1 nitrogen and oxygen atoms in total. The molecule has 0 spiro atoms. The van der Waals surface area contributed by atoms with Crippen LogP contribution in [0, 0.1) is 12.3 Å². The maximum atomic E-state index is 3.77. The van der Waals surface area contributed by atoms with Crippen LogP contribution in [0.4, 0.5) is 0 Å². The first kappa shape index (κ1) is 10.9. The SMILES string of the molecule is CNC.[CH2]C(C)(C)C. The van der Waals surface area contributed by atoms with E-state index in [1.54, 1.807) is 0 Å². The third-order valence-electron chi connectivity index (χ3n) is 0. The summed E-state index contributed by atoms with van der Waals surface area (Å²) in [6.45, 7) is 10.0. The van der Waals surface area contributed by atoms with Crippen molar-refractivity contribution in [2.45, 2.75) is 20.8 Å². The summed E-state index contributed by atoms with van der Waals surface area (Å²) in [5, 5.41) is 2.75. The van der Waals surface area contributed by atoms with Gasteiger partial charge < -0.3 is 5.32 Å². The summed E-state index contributed by atoms with van der Waals surface area (Å²) in [7, 11) is 3.75. The Kier molecular flexibility index (Phi) is 6.93. The molecular weight excluding hydrogens is 98.1 g/mol. The molecule has 0 bridgehead atoms. The molecule has 0 aliphatic carbocycles. The van der Waals surface area contributed by atoms with Crippen LogP contribution in [0.25, 0.3) is 0 Å². The number of nitrogens with one attached hydrogen (secondary N) is 1. The van der Waals surface area contributed by atoms with Crippen LogP contribution in [0.5, 0.6) is 0 Å². The summed E-state index contributed by atoms with van der Waals surface area (Å²) in [4.78, 5) is 0. The van der Waals surface area contributed by atoms with E-state index < -0.39 is 0 Å². The zero-order valence-corrected chi connectivity index (χ0v) is 6.71. The molecule has 1 radical (unpaired) electrons. The van der Waals surface area contributed by atoms with Crippen LogP contribution in [-0.4, -0.2) is 14.1 Å². The highest BCUT2D eigenvalue weighted by Gasteiger charge is 1.95. The summed E-state index contributed by atoms with van der Waals surface area (Å²) >= 11 is 0. The maximum absolute atomic E-state index is 3.77. The van der Waals surface area contributed by atoms with E-state index in [1.165, 1.54) is 0 Å². The zero-order chi connectivity index (χ0) is 7.21. The van der Waals surface area contributed by atoms with Gasteiger partial charge in [-0.05, 0) is 26.4 Å². The van der Waals surface area contributed by atoms with E-state index in [4.69, 9.17) is 0 Å². The second-order valence-electron chi connectivity index (χ2n) is 3.06. The molecule has 0 aromatic carbocycles. The first-order valence-corrected chi connectivity index (χ1v) is 2.85. The van der Waals surface area contributed by atoms with Gasteiger partial charge in [-0.25, -0.2) is 0 Å². The van der Waals surface area contributed by atoms with Crippen molar-refractivity contribution >= 4 is 0 Å². The van der Waals surface area contributed by atoms with Crippen molar-refractivity contribution in [2.24, 2.45) is 5.41 Å². The Labute approximate surface area is 53.5 Å². The van der Waals surface area contributed by atoms with Crippen molar-refractivity contribution in [3.63, 3.8) is 0 Å². The van der Waals surface area contributed by atoms with Gasteiger partial charge in [0.25, 0.3) is 0 Å². The highest BCUT2D eigenvalue weighted by Crippen LogP contribution is 2.07. The second kappa shape index (κ2) is 5.10. The Balaban J connectivity index is 0. The van der Waals surface area contributed by atoms with Crippen LogP contribution in [0.2, 0.25) is 0 Å². The first-order chi connectivity index (χ1) is 3.41.